The monoisotopic (exact) mass is 486 g/mol. The van der Waals surface area contributed by atoms with Crippen molar-refractivity contribution in [3.8, 4) is 22.7 Å². The smallest absolute Gasteiger partial charge is 0.266 e. The Balaban J connectivity index is 1.62. The molecule has 3 N–H and O–H groups in total. The summed E-state index contributed by atoms with van der Waals surface area (Å²) in [4.78, 5) is 22.3. The average Bonchev–Trinajstić information content (AvgIpc) is 3.24. The summed E-state index contributed by atoms with van der Waals surface area (Å²) in [5.41, 5.74) is 6.14. The van der Waals surface area contributed by atoms with Gasteiger partial charge in [0.2, 0.25) is 0 Å². The minimum Gasteiger partial charge on any atom is -0.495 e. The number of nitrogens with two attached hydrogens (primary N) is 1. The highest BCUT2D eigenvalue weighted by Crippen LogP contribution is 2.45. The fraction of sp³-hybridized carbons (Fsp3) is 0.231. The van der Waals surface area contributed by atoms with Crippen LogP contribution in [0.5, 0.6) is 5.75 Å². The molecule has 3 aromatic heterocycles. The third-order valence-corrected chi connectivity index (χ3v) is 6.82. The van der Waals surface area contributed by atoms with Gasteiger partial charge in [-0.25, -0.2) is 18.9 Å². The molecule has 9 nitrogen and oxygen atoms in total. The van der Waals surface area contributed by atoms with E-state index in [1.54, 1.807) is 54.0 Å². The van der Waals surface area contributed by atoms with Crippen molar-refractivity contribution in [1.82, 2.24) is 24.1 Å². The molecule has 0 aliphatic heterocycles. The summed E-state index contributed by atoms with van der Waals surface area (Å²) in [5.74, 6) is 0.240. The molecule has 0 bridgehead atoms. The number of pyridine rings is 1. The van der Waals surface area contributed by atoms with Crippen LogP contribution < -0.4 is 16.0 Å². The lowest BCUT2D eigenvalue weighted by Gasteiger charge is -2.39. The number of halogens is 1. The predicted molar refractivity (Wildman–Crippen MR) is 133 cm³/mol. The molecule has 1 aliphatic carbocycles. The number of anilines is 1. The molecule has 0 atom stereocenters. The summed E-state index contributed by atoms with van der Waals surface area (Å²) in [6, 6.07) is 12.1. The van der Waals surface area contributed by atoms with Crippen molar-refractivity contribution in [3.05, 3.63) is 77.0 Å². The lowest BCUT2D eigenvalue weighted by atomic mass is 9.72. The molecule has 0 amide bonds. The molecule has 36 heavy (non-hydrogen) atoms. The minimum atomic E-state index is -0.789. The van der Waals surface area contributed by atoms with Gasteiger partial charge in [-0.1, -0.05) is 18.2 Å². The number of rotatable bonds is 4. The Morgan fingerprint density at radius 1 is 1.19 bits per heavy atom. The van der Waals surface area contributed by atoms with Crippen LogP contribution in [0.2, 0.25) is 0 Å². The maximum Gasteiger partial charge on any atom is 0.266 e. The zero-order valence-corrected chi connectivity index (χ0v) is 19.6. The van der Waals surface area contributed by atoms with E-state index in [4.69, 9.17) is 15.5 Å². The summed E-state index contributed by atoms with van der Waals surface area (Å²) in [7, 11) is 1.47. The molecule has 3 heterocycles. The molecule has 1 aliphatic rings. The molecule has 0 radical (unpaired) electrons. The minimum absolute atomic E-state index is 0.0746. The molecule has 1 saturated carbocycles. The number of para-hydroxylation sites is 1. The number of hydrogen-bond donors (Lipinski definition) is 2. The van der Waals surface area contributed by atoms with Gasteiger partial charge in [0.05, 0.1) is 24.3 Å². The van der Waals surface area contributed by atoms with Crippen LogP contribution in [0, 0.1) is 5.82 Å². The van der Waals surface area contributed by atoms with Crippen LogP contribution >= 0.6 is 0 Å². The second kappa shape index (κ2) is 7.85. The topological polar surface area (TPSA) is 121 Å². The van der Waals surface area contributed by atoms with E-state index in [0.29, 0.717) is 41.0 Å². The van der Waals surface area contributed by atoms with E-state index in [9.17, 15) is 9.90 Å². The second-order valence-electron chi connectivity index (χ2n) is 9.38. The standard InChI is InChI=1S/C26H23FN6O3/c1-26(35)10-14(11-26)24-31-21(22-23(28)29-13-30-33(22)24)17-9-8-16-18(36-2)12-32(15-6-4-3-5-7-15)25(34)19(16)20(17)27/h3-9,12-14,35H,10-11H2,1-2H3,(H2,28,29,30). The molecule has 2 aromatic carbocycles. The lowest BCUT2D eigenvalue weighted by molar-refractivity contribution is -0.0337. The van der Waals surface area contributed by atoms with Crippen LogP contribution in [0.1, 0.15) is 31.5 Å². The van der Waals surface area contributed by atoms with E-state index in [2.05, 4.69) is 10.1 Å². The molecule has 0 spiro atoms. The number of methoxy groups -OCH3 is 1. The first kappa shape index (κ1) is 22.2. The van der Waals surface area contributed by atoms with Gasteiger partial charge in [-0.2, -0.15) is 5.10 Å². The van der Waals surface area contributed by atoms with Crippen LogP contribution in [-0.2, 0) is 0 Å². The SMILES string of the molecule is COc1cn(-c2ccccc2)c(=O)c2c(F)c(-c3nc(C4CC(C)(O)C4)n4ncnc(N)c34)ccc12. The first-order valence-corrected chi connectivity index (χ1v) is 11.5. The fourth-order valence-corrected chi connectivity index (χ4v) is 5.10. The van der Waals surface area contributed by atoms with Crippen LogP contribution in [0.15, 0.2) is 59.8 Å². The van der Waals surface area contributed by atoms with Gasteiger partial charge in [0.1, 0.15) is 34.9 Å². The van der Waals surface area contributed by atoms with Crippen molar-refractivity contribution in [3.63, 3.8) is 0 Å². The molecule has 6 rings (SSSR count). The van der Waals surface area contributed by atoms with Gasteiger partial charge in [0, 0.05) is 22.6 Å². The number of hydrogen-bond acceptors (Lipinski definition) is 7. The number of aromatic nitrogens is 5. The molecular weight excluding hydrogens is 463 g/mol. The highest BCUT2D eigenvalue weighted by Gasteiger charge is 2.42. The second-order valence-corrected chi connectivity index (χ2v) is 9.38. The van der Waals surface area contributed by atoms with Crippen LogP contribution in [0.4, 0.5) is 10.2 Å². The Morgan fingerprint density at radius 3 is 2.64 bits per heavy atom. The number of ether oxygens (including phenoxy) is 1. The Bertz CT molecular complexity index is 1700. The largest absolute Gasteiger partial charge is 0.495 e. The summed E-state index contributed by atoms with van der Waals surface area (Å²) in [6.45, 7) is 1.76. The van der Waals surface area contributed by atoms with Gasteiger partial charge in [-0.05, 0) is 44.0 Å². The maximum atomic E-state index is 16.3. The van der Waals surface area contributed by atoms with Gasteiger partial charge >= 0.3 is 0 Å². The highest BCUT2D eigenvalue weighted by molar-refractivity contribution is 5.95. The number of nitrogens with zero attached hydrogens (tertiary/aromatic N) is 5. The van der Waals surface area contributed by atoms with Crippen LogP contribution in [0.25, 0.3) is 33.2 Å². The number of fused-ring (bicyclic) bond motifs is 2. The van der Waals surface area contributed by atoms with E-state index in [1.807, 2.05) is 6.07 Å². The first-order valence-electron chi connectivity index (χ1n) is 11.5. The maximum absolute atomic E-state index is 16.3. The van der Waals surface area contributed by atoms with E-state index >= 15 is 4.39 Å². The zero-order chi connectivity index (χ0) is 25.2. The quantitative estimate of drug-likeness (QED) is 0.399. The van der Waals surface area contributed by atoms with Crippen molar-refractivity contribution in [1.29, 1.82) is 0 Å². The Labute approximate surface area is 204 Å². The fourth-order valence-electron chi connectivity index (χ4n) is 5.10. The van der Waals surface area contributed by atoms with Crippen molar-refractivity contribution >= 4 is 22.1 Å². The predicted octanol–water partition coefficient (Wildman–Crippen LogP) is 3.45. The Kier molecular flexibility index (Phi) is 4.84. The normalized spacial score (nSPS) is 19.5. The Hall–Kier alpha value is -4.31. The van der Waals surface area contributed by atoms with Crippen molar-refractivity contribution in [2.45, 2.75) is 31.3 Å². The van der Waals surface area contributed by atoms with Gasteiger partial charge in [-0.3, -0.25) is 9.36 Å². The van der Waals surface area contributed by atoms with E-state index in [1.165, 1.54) is 18.0 Å². The summed E-state index contributed by atoms with van der Waals surface area (Å²) < 4.78 is 24.7. The molecule has 0 saturated heterocycles. The highest BCUT2D eigenvalue weighted by atomic mass is 19.1. The average molecular weight is 487 g/mol. The molecule has 0 unspecified atom stereocenters. The zero-order valence-electron chi connectivity index (χ0n) is 19.6. The van der Waals surface area contributed by atoms with E-state index < -0.39 is 17.0 Å². The molecule has 182 valence electrons. The van der Waals surface area contributed by atoms with Crippen LogP contribution in [0.3, 0.4) is 0 Å². The molecule has 10 heteroatoms. The van der Waals surface area contributed by atoms with Gasteiger partial charge in [-0.15, -0.1) is 0 Å². The summed E-state index contributed by atoms with van der Waals surface area (Å²) in [5, 5.41) is 14.8. The summed E-state index contributed by atoms with van der Waals surface area (Å²) >= 11 is 0. The molecule has 5 aromatic rings. The first-order chi connectivity index (χ1) is 17.3. The molecular formula is C26H23FN6O3. The third-order valence-electron chi connectivity index (χ3n) is 6.82. The number of imidazole rings is 1. The number of aliphatic hydroxyl groups is 1. The van der Waals surface area contributed by atoms with E-state index in [0.717, 1.165) is 0 Å². The lowest BCUT2D eigenvalue weighted by Crippen LogP contribution is -2.40. The van der Waals surface area contributed by atoms with Gasteiger partial charge < -0.3 is 15.6 Å². The van der Waals surface area contributed by atoms with Crippen molar-refractivity contribution in [2.75, 3.05) is 12.8 Å². The van der Waals surface area contributed by atoms with Gasteiger partial charge in [0.25, 0.3) is 5.56 Å². The third kappa shape index (κ3) is 3.25. The van der Waals surface area contributed by atoms with Crippen LogP contribution in [-0.4, -0.2) is 42.0 Å². The van der Waals surface area contributed by atoms with Crippen molar-refractivity contribution < 1.29 is 14.2 Å². The number of benzene rings is 2. The van der Waals surface area contributed by atoms with Gasteiger partial charge in [0.15, 0.2) is 5.82 Å². The van der Waals surface area contributed by atoms with Crippen molar-refractivity contribution in [2.24, 2.45) is 0 Å². The van der Waals surface area contributed by atoms with E-state index in [-0.39, 0.29) is 28.4 Å². The summed E-state index contributed by atoms with van der Waals surface area (Å²) in [6.07, 6.45) is 3.86. The number of nitrogen functional groups attached to an aromatic ring is 1. The molecule has 1 fully saturated rings. The Morgan fingerprint density at radius 2 is 1.94 bits per heavy atom.